The van der Waals surface area contributed by atoms with Crippen LogP contribution in [-0.2, 0) is 0 Å². The molecule has 0 radical (unpaired) electrons. The number of hydrogen-bond donors (Lipinski definition) is 0. The Hall–Kier alpha value is -2.98. The first kappa shape index (κ1) is 16.5. The van der Waals surface area contributed by atoms with E-state index in [0.717, 1.165) is 34.0 Å². The van der Waals surface area contributed by atoms with Crippen molar-refractivity contribution in [2.24, 2.45) is 0 Å². The maximum atomic E-state index is 13.5. The third-order valence-electron chi connectivity index (χ3n) is 4.39. The predicted octanol–water partition coefficient (Wildman–Crippen LogP) is 5.61. The van der Waals surface area contributed by atoms with Gasteiger partial charge in [0.2, 0.25) is 0 Å². The van der Waals surface area contributed by atoms with Crippen LogP contribution in [-0.4, -0.2) is 16.1 Å². The van der Waals surface area contributed by atoms with Gasteiger partial charge in [-0.1, -0.05) is 29.8 Å². The van der Waals surface area contributed by atoms with Crippen LogP contribution in [0.1, 0.15) is 15.9 Å². The molecule has 0 atom stereocenters. The maximum absolute atomic E-state index is 13.5. The Balaban J connectivity index is 1.80. The van der Waals surface area contributed by atoms with Gasteiger partial charge >= 0.3 is 0 Å². The summed E-state index contributed by atoms with van der Waals surface area (Å²) < 4.78 is 15.3. The first-order valence-electron chi connectivity index (χ1n) is 8.06. The molecule has 0 saturated carbocycles. The molecule has 0 aliphatic heterocycles. The number of hydrogen-bond acceptors (Lipinski definition) is 2. The number of fused-ring (bicyclic) bond motifs is 1. The molecule has 1 aromatic heterocycles. The van der Waals surface area contributed by atoms with E-state index in [1.54, 1.807) is 42.1 Å². The van der Waals surface area contributed by atoms with E-state index >= 15 is 0 Å². The molecule has 128 valence electrons. The Morgan fingerprint density at radius 2 is 1.92 bits per heavy atom. The van der Waals surface area contributed by atoms with Crippen molar-refractivity contribution in [3.8, 4) is 16.8 Å². The number of aryl methyl sites for hydroxylation is 1. The molecule has 3 nitrogen and oxygen atoms in total. The minimum absolute atomic E-state index is 0.235. The minimum atomic E-state index is -0.235. The van der Waals surface area contributed by atoms with Gasteiger partial charge in [-0.25, -0.2) is 9.07 Å². The average molecular weight is 365 g/mol. The second kappa shape index (κ2) is 6.39. The molecule has 3 aromatic carbocycles. The summed E-state index contributed by atoms with van der Waals surface area (Å²) >= 11 is 6.31. The Morgan fingerprint density at radius 3 is 2.65 bits per heavy atom. The molecule has 0 N–H and O–H groups in total. The van der Waals surface area contributed by atoms with Crippen LogP contribution >= 0.6 is 11.6 Å². The summed E-state index contributed by atoms with van der Waals surface area (Å²) in [7, 11) is 0. The second-order valence-corrected chi connectivity index (χ2v) is 6.53. The Morgan fingerprint density at radius 1 is 1.08 bits per heavy atom. The largest absolute Gasteiger partial charge is 0.298 e. The van der Waals surface area contributed by atoms with E-state index in [0.29, 0.717) is 16.1 Å². The predicted molar refractivity (Wildman–Crippen MR) is 102 cm³/mol. The van der Waals surface area contributed by atoms with Gasteiger partial charge < -0.3 is 0 Å². The molecule has 4 aromatic rings. The van der Waals surface area contributed by atoms with Gasteiger partial charge in [-0.05, 0) is 54.4 Å². The summed E-state index contributed by atoms with van der Waals surface area (Å²) in [6.07, 6.45) is 2.54. The van der Waals surface area contributed by atoms with Crippen LogP contribution in [0.3, 0.4) is 0 Å². The molecule has 1 heterocycles. The van der Waals surface area contributed by atoms with Gasteiger partial charge in [0.15, 0.2) is 0 Å². The smallest absolute Gasteiger partial charge is 0.150 e. The van der Waals surface area contributed by atoms with Crippen molar-refractivity contribution < 1.29 is 9.18 Å². The van der Waals surface area contributed by atoms with E-state index in [4.69, 9.17) is 11.6 Å². The lowest BCUT2D eigenvalue weighted by molar-refractivity contribution is 0.112. The molecule has 0 aliphatic rings. The van der Waals surface area contributed by atoms with Gasteiger partial charge in [0.05, 0.1) is 17.4 Å². The van der Waals surface area contributed by atoms with Crippen LogP contribution in [0.5, 0.6) is 0 Å². The van der Waals surface area contributed by atoms with Crippen molar-refractivity contribution >= 4 is 28.8 Å². The molecule has 0 spiro atoms. The van der Waals surface area contributed by atoms with Crippen LogP contribution in [0.2, 0.25) is 5.02 Å². The third kappa shape index (κ3) is 2.78. The van der Waals surface area contributed by atoms with Crippen molar-refractivity contribution in [1.29, 1.82) is 0 Å². The van der Waals surface area contributed by atoms with Gasteiger partial charge in [-0.2, -0.15) is 5.10 Å². The highest BCUT2D eigenvalue weighted by atomic mass is 35.5. The summed E-state index contributed by atoms with van der Waals surface area (Å²) in [6.45, 7) is 1.73. The van der Waals surface area contributed by atoms with Crippen LogP contribution in [0.15, 0.2) is 60.8 Å². The Kier molecular flexibility index (Phi) is 4.05. The number of benzene rings is 3. The van der Waals surface area contributed by atoms with Gasteiger partial charge in [0.1, 0.15) is 12.1 Å². The molecule has 0 amide bonds. The van der Waals surface area contributed by atoms with Gasteiger partial charge in [0.25, 0.3) is 0 Å². The summed E-state index contributed by atoms with van der Waals surface area (Å²) in [5.74, 6) is -0.235. The zero-order valence-corrected chi connectivity index (χ0v) is 14.7. The van der Waals surface area contributed by atoms with Crippen molar-refractivity contribution in [1.82, 2.24) is 9.78 Å². The van der Waals surface area contributed by atoms with Crippen molar-refractivity contribution in [3.63, 3.8) is 0 Å². The lowest BCUT2D eigenvalue weighted by Gasteiger charge is -2.08. The molecule has 26 heavy (non-hydrogen) atoms. The summed E-state index contributed by atoms with van der Waals surface area (Å²) in [5, 5.41) is 5.90. The first-order valence-corrected chi connectivity index (χ1v) is 8.44. The maximum Gasteiger partial charge on any atom is 0.150 e. The van der Waals surface area contributed by atoms with Crippen molar-refractivity contribution in [3.05, 3.63) is 82.8 Å². The van der Waals surface area contributed by atoms with E-state index in [9.17, 15) is 9.18 Å². The zero-order valence-electron chi connectivity index (χ0n) is 13.9. The topological polar surface area (TPSA) is 34.9 Å². The number of aromatic nitrogens is 2. The molecule has 0 aliphatic carbocycles. The highest BCUT2D eigenvalue weighted by Gasteiger charge is 2.10. The van der Waals surface area contributed by atoms with E-state index < -0.39 is 0 Å². The standard InChI is InChI=1S/C21H14ClFN2O/c1-13-8-17(4-6-20(13)23)25-21-7-3-15(10-16(21)11-24-25)18-5-2-14(12-26)9-19(18)22/h2-12H,1H3. The molecular weight excluding hydrogens is 351 g/mol. The van der Waals surface area contributed by atoms with Gasteiger partial charge in [-0.15, -0.1) is 0 Å². The van der Waals surface area contributed by atoms with Gasteiger partial charge in [0, 0.05) is 21.5 Å². The SMILES string of the molecule is Cc1cc(-n2ncc3cc(-c4ccc(C=O)cc4Cl)ccc32)ccc1F. The average Bonchev–Trinajstić information content (AvgIpc) is 3.07. The molecule has 5 heteroatoms. The molecule has 4 rings (SSSR count). The monoisotopic (exact) mass is 364 g/mol. The second-order valence-electron chi connectivity index (χ2n) is 6.12. The number of aldehydes is 1. The van der Waals surface area contributed by atoms with Crippen LogP contribution in [0, 0.1) is 12.7 Å². The van der Waals surface area contributed by atoms with Crippen LogP contribution in [0.4, 0.5) is 4.39 Å². The molecule has 0 saturated heterocycles. The van der Waals surface area contributed by atoms with Crippen molar-refractivity contribution in [2.75, 3.05) is 0 Å². The van der Waals surface area contributed by atoms with E-state index in [2.05, 4.69) is 5.10 Å². The van der Waals surface area contributed by atoms with Crippen LogP contribution in [0.25, 0.3) is 27.7 Å². The van der Waals surface area contributed by atoms with Crippen molar-refractivity contribution in [2.45, 2.75) is 6.92 Å². The highest BCUT2D eigenvalue weighted by Crippen LogP contribution is 2.31. The number of halogens is 2. The fourth-order valence-electron chi connectivity index (χ4n) is 3.01. The lowest BCUT2D eigenvalue weighted by Crippen LogP contribution is -1.97. The van der Waals surface area contributed by atoms with E-state index in [1.165, 1.54) is 6.07 Å². The summed E-state index contributed by atoms with van der Waals surface area (Å²) in [5.41, 5.74) is 4.63. The highest BCUT2D eigenvalue weighted by molar-refractivity contribution is 6.33. The summed E-state index contributed by atoms with van der Waals surface area (Å²) in [6, 6.07) is 16.1. The van der Waals surface area contributed by atoms with Crippen LogP contribution < -0.4 is 0 Å². The number of carbonyl (C=O) groups is 1. The lowest BCUT2D eigenvalue weighted by atomic mass is 10.0. The number of rotatable bonds is 3. The molecule has 0 unspecified atom stereocenters. The molecular formula is C21H14ClFN2O. The fraction of sp³-hybridized carbons (Fsp3) is 0.0476. The summed E-state index contributed by atoms with van der Waals surface area (Å²) in [4.78, 5) is 10.9. The number of carbonyl (C=O) groups excluding carboxylic acids is 1. The Bertz CT molecular complexity index is 1150. The quantitative estimate of drug-likeness (QED) is 0.443. The minimum Gasteiger partial charge on any atom is -0.298 e. The Labute approximate surface area is 154 Å². The molecule has 0 fully saturated rings. The molecule has 0 bridgehead atoms. The van der Waals surface area contributed by atoms with Gasteiger partial charge in [-0.3, -0.25) is 4.79 Å². The van der Waals surface area contributed by atoms with E-state index in [-0.39, 0.29) is 5.82 Å². The number of nitrogens with zero attached hydrogens (tertiary/aromatic N) is 2. The zero-order chi connectivity index (χ0) is 18.3. The third-order valence-corrected chi connectivity index (χ3v) is 4.71. The fourth-order valence-corrected chi connectivity index (χ4v) is 3.30. The van der Waals surface area contributed by atoms with E-state index in [1.807, 2.05) is 24.3 Å². The first-order chi connectivity index (χ1) is 12.6. The normalized spacial score (nSPS) is 11.0.